The van der Waals surface area contributed by atoms with Gasteiger partial charge in [0, 0.05) is 44.9 Å². The maximum Gasteiger partial charge on any atom is 0.246 e. The number of pyridine rings is 1. The second-order valence-corrected chi connectivity index (χ2v) is 11.8. The van der Waals surface area contributed by atoms with Gasteiger partial charge in [-0.05, 0) is 72.5 Å². The van der Waals surface area contributed by atoms with E-state index in [-0.39, 0.29) is 5.91 Å². The monoisotopic (exact) mass is 635 g/mol. The van der Waals surface area contributed by atoms with Crippen molar-refractivity contribution in [2.45, 2.75) is 27.0 Å². The van der Waals surface area contributed by atoms with Crippen molar-refractivity contribution >= 4 is 46.8 Å². The Labute approximate surface area is 267 Å². The Kier molecular flexibility index (Phi) is 10.3. The first-order chi connectivity index (χ1) is 20.7. The number of aryl methyl sites for hydroxylation is 2. The molecule has 0 radical (unpaired) electrons. The van der Waals surface area contributed by atoms with Gasteiger partial charge in [0.25, 0.3) is 0 Å². The van der Waals surface area contributed by atoms with Crippen molar-refractivity contribution in [3.05, 3.63) is 122 Å². The van der Waals surface area contributed by atoms with Crippen molar-refractivity contribution in [2.24, 2.45) is 0 Å². The van der Waals surface area contributed by atoms with E-state index in [4.69, 9.17) is 44.3 Å². The number of carbonyl (C=O) groups is 1. The predicted molar refractivity (Wildman–Crippen MR) is 173 cm³/mol. The number of halogens is 3. The fourth-order valence-electron chi connectivity index (χ4n) is 4.75. The first-order valence-electron chi connectivity index (χ1n) is 14.0. The van der Waals surface area contributed by atoms with Crippen LogP contribution in [0.5, 0.6) is 17.4 Å². The van der Waals surface area contributed by atoms with E-state index in [1.807, 2.05) is 24.0 Å². The Hall–Kier alpha value is -3.55. The molecule has 0 aliphatic carbocycles. The lowest BCUT2D eigenvalue weighted by molar-refractivity contribution is -0.127. The van der Waals surface area contributed by atoms with Gasteiger partial charge < -0.3 is 14.4 Å². The lowest BCUT2D eigenvalue weighted by atomic mass is 10.1. The van der Waals surface area contributed by atoms with E-state index in [1.54, 1.807) is 48.7 Å². The van der Waals surface area contributed by atoms with Crippen LogP contribution in [0.15, 0.2) is 79.0 Å². The number of nitrogens with zero attached hydrogens (tertiary/aromatic N) is 3. The Bertz CT molecular complexity index is 1580. The van der Waals surface area contributed by atoms with E-state index < -0.39 is 0 Å². The zero-order valence-electron chi connectivity index (χ0n) is 24.0. The number of rotatable bonds is 9. The summed E-state index contributed by atoms with van der Waals surface area (Å²) in [5.74, 6) is 1.47. The lowest BCUT2D eigenvalue weighted by Gasteiger charge is -2.34. The van der Waals surface area contributed by atoms with Crippen LogP contribution >= 0.6 is 34.8 Å². The van der Waals surface area contributed by atoms with Crippen LogP contribution in [0.25, 0.3) is 6.08 Å². The summed E-state index contributed by atoms with van der Waals surface area (Å²) >= 11 is 18.6. The van der Waals surface area contributed by atoms with Crippen LogP contribution in [-0.4, -0.2) is 46.9 Å². The number of hydrogen-bond acceptors (Lipinski definition) is 5. The number of benzene rings is 3. The average Bonchev–Trinajstić information content (AvgIpc) is 3.00. The third-order valence-electron chi connectivity index (χ3n) is 7.19. The second-order valence-electron chi connectivity index (χ2n) is 10.5. The Morgan fingerprint density at radius 3 is 2.28 bits per heavy atom. The molecular formula is C34H32Cl3N3O3. The first-order valence-corrected chi connectivity index (χ1v) is 15.1. The van der Waals surface area contributed by atoms with Gasteiger partial charge in [-0.1, -0.05) is 70.7 Å². The molecule has 0 bridgehead atoms. The summed E-state index contributed by atoms with van der Waals surface area (Å²) in [4.78, 5) is 21.5. The van der Waals surface area contributed by atoms with Gasteiger partial charge in [0.05, 0.1) is 21.3 Å². The van der Waals surface area contributed by atoms with E-state index in [2.05, 4.69) is 41.1 Å². The molecule has 4 aromatic rings. The molecule has 1 aliphatic rings. The average molecular weight is 637 g/mol. The maximum absolute atomic E-state index is 12.9. The molecule has 0 saturated carbocycles. The highest BCUT2D eigenvalue weighted by molar-refractivity contribution is 6.42. The molecule has 0 spiro atoms. The molecule has 1 fully saturated rings. The summed E-state index contributed by atoms with van der Waals surface area (Å²) in [7, 11) is 0. The van der Waals surface area contributed by atoms with E-state index in [0.29, 0.717) is 52.1 Å². The summed E-state index contributed by atoms with van der Waals surface area (Å²) in [6.45, 7) is 8.33. The molecule has 43 heavy (non-hydrogen) atoms. The van der Waals surface area contributed by atoms with E-state index >= 15 is 0 Å². The van der Waals surface area contributed by atoms with Gasteiger partial charge in [-0.3, -0.25) is 9.69 Å². The molecule has 1 aliphatic heterocycles. The first kappa shape index (κ1) is 30.9. The molecule has 6 nitrogen and oxygen atoms in total. The normalized spacial score (nSPS) is 13.8. The third-order valence-corrected chi connectivity index (χ3v) is 8.21. The second kappa shape index (κ2) is 14.3. The topological polar surface area (TPSA) is 54.9 Å². The van der Waals surface area contributed by atoms with E-state index in [9.17, 15) is 4.79 Å². The summed E-state index contributed by atoms with van der Waals surface area (Å²) < 4.78 is 11.8. The minimum Gasteiger partial charge on any atom is -0.487 e. The third kappa shape index (κ3) is 8.52. The molecule has 222 valence electrons. The Balaban J connectivity index is 1.12. The predicted octanol–water partition coefficient (Wildman–Crippen LogP) is 8.39. The maximum atomic E-state index is 12.9. The summed E-state index contributed by atoms with van der Waals surface area (Å²) in [6.07, 6.45) is 4.99. The SMILES string of the molecule is Cc1ccc(CN2CCN(C(=O)C=Cc3cc(C)c(Oc4ccc(OCc5ccc(Cl)c(Cl)c5)cn4)c(Cl)c3)CC2)cc1. The van der Waals surface area contributed by atoms with Gasteiger partial charge in [0.1, 0.15) is 12.4 Å². The Morgan fingerprint density at radius 1 is 0.860 bits per heavy atom. The fourth-order valence-corrected chi connectivity index (χ4v) is 5.38. The summed E-state index contributed by atoms with van der Waals surface area (Å²) in [5.41, 5.74) is 5.09. The zero-order chi connectivity index (χ0) is 30.3. The fraction of sp³-hybridized carbons (Fsp3) is 0.235. The number of amides is 1. The van der Waals surface area contributed by atoms with Gasteiger partial charge in [-0.25, -0.2) is 4.98 Å². The molecule has 9 heteroatoms. The van der Waals surface area contributed by atoms with Crippen molar-refractivity contribution in [1.82, 2.24) is 14.8 Å². The van der Waals surface area contributed by atoms with E-state index in [0.717, 1.165) is 36.3 Å². The van der Waals surface area contributed by atoms with Crippen LogP contribution in [-0.2, 0) is 17.9 Å². The van der Waals surface area contributed by atoms with Gasteiger partial charge in [0.2, 0.25) is 11.8 Å². The standard InChI is InChI=1S/C34H32Cl3N3O3/c1-23-3-5-25(6-4-23)21-39-13-15-40(16-14-39)33(41)12-8-26-17-24(2)34(31(37)18-26)43-32-11-9-28(20-38-32)42-22-27-7-10-29(35)30(36)19-27/h3-12,17-20H,13-16,21-22H2,1-2H3. The summed E-state index contributed by atoms with van der Waals surface area (Å²) in [5, 5.41) is 1.41. The van der Waals surface area contributed by atoms with Crippen molar-refractivity contribution in [2.75, 3.05) is 26.2 Å². The highest BCUT2D eigenvalue weighted by atomic mass is 35.5. The molecule has 3 aromatic carbocycles. The van der Waals surface area contributed by atoms with Crippen LogP contribution in [0.1, 0.15) is 27.8 Å². The van der Waals surface area contributed by atoms with Gasteiger partial charge in [-0.2, -0.15) is 0 Å². The number of carbonyl (C=O) groups excluding carboxylic acids is 1. The van der Waals surface area contributed by atoms with Crippen molar-refractivity contribution < 1.29 is 14.3 Å². The molecule has 1 saturated heterocycles. The van der Waals surface area contributed by atoms with Crippen LogP contribution in [0.2, 0.25) is 15.1 Å². The number of hydrogen-bond donors (Lipinski definition) is 0. The quantitative estimate of drug-likeness (QED) is 0.173. The van der Waals surface area contributed by atoms with Crippen LogP contribution in [0.3, 0.4) is 0 Å². The van der Waals surface area contributed by atoms with Gasteiger partial charge in [-0.15, -0.1) is 0 Å². The van der Waals surface area contributed by atoms with Gasteiger partial charge >= 0.3 is 0 Å². The van der Waals surface area contributed by atoms with Gasteiger partial charge in [0.15, 0.2) is 5.75 Å². The van der Waals surface area contributed by atoms with Crippen molar-refractivity contribution in [3.63, 3.8) is 0 Å². The largest absolute Gasteiger partial charge is 0.487 e. The number of aromatic nitrogens is 1. The molecule has 1 amide bonds. The highest BCUT2D eigenvalue weighted by Gasteiger charge is 2.20. The molecule has 1 aromatic heterocycles. The Morgan fingerprint density at radius 2 is 1.60 bits per heavy atom. The minimum absolute atomic E-state index is 0.00486. The molecule has 2 heterocycles. The van der Waals surface area contributed by atoms with Crippen LogP contribution < -0.4 is 9.47 Å². The zero-order valence-corrected chi connectivity index (χ0v) is 26.3. The molecule has 5 rings (SSSR count). The molecule has 0 N–H and O–H groups in total. The van der Waals surface area contributed by atoms with Crippen molar-refractivity contribution in [3.8, 4) is 17.4 Å². The molecular weight excluding hydrogens is 605 g/mol. The lowest BCUT2D eigenvalue weighted by Crippen LogP contribution is -2.47. The van der Waals surface area contributed by atoms with Crippen molar-refractivity contribution in [1.29, 1.82) is 0 Å². The van der Waals surface area contributed by atoms with Crippen LogP contribution in [0, 0.1) is 13.8 Å². The summed E-state index contributed by atoms with van der Waals surface area (Å²) in [6, 6.07) is 21.2. The van der Waals surface area contributed by atoms with E-state index in [1.165, 1.54) is 11.1 Å². The number of piperazine rings is 1. The van der Waals surface area contributed by atoms with Crippen LogP contribution in [0.4, 0.5) is 0 Å². The number of ether oxygens (including phenoxy) is 2. The highest BCUT2D eigenvalue weighted by Crippen LogP contribution is 2.34. The molecule has 0 atom stereocenters. The molecule has 0 unspecified atom stereocenters. The smallest absolute Gasteiger partial charge is 0.246 e. The minimum atomic E-state index is -0.00486.